The largest absolute Gasteiger partial charge is 0.525 e. The van der Waals surface area contributed by atoms with Crippen molar-refractivity contribution in [2.24, 2.45) is 5.73 Å². The molecule has 138 valence electrons. The van der Waals surface area contributed by atoms with Gasteiger partial charge in [-0.25, -0.2) is 4.39 Å². The summed E-state index contributed by atoms with van der Waals surface area (Å²) in [6.45, 7) is 6.96. The molecule has 1 aliphatic heterocycles. The maximum atomic E-state index is 15.1. The lowest BCUT2D eigenvalue weighted by molar-refractivity contribution is -0.146. The molecule has 0 radical (unpaired) electrons. The van der Waals surface area contributed by atoms with Gasteiger partial charge < -0.3 is 15.0 Å². The van der Waals surface area contributed by atoms with Crippen LogP contribution in [0.3, 0.4) is 0 Å². The highest BCUT2D eigenvalue weighted by Crippen LogP contribution is 2.41. The second-order valence-electron chi connectivity index (χ2n) is 7.13. The van der Waals surface area contributed by atoms with Crippen molar-refractivity contribution in [1.29, 1.82) is 0 Å². The van der Waals surface area contributed by atoms with E-state index < -0.39 is 42.7 Å². The Labute approximate surface area is 145 Å². The summed E-state index contributed by atoms with van der Waals surface area (Å²) in [7, 11) is -1.37. The number of nitrogens with two attached hydrogens (primary N) is 1. The first-order valence-corrected chi connectivity index (χ1v) is 7.97. The maximum Gasteiger partial charge on any atom is 0.525 e. The predicted octanol–water partition coefficient (Wildman–Crippen LogP) is 4.28. The van der Waals surface area contributed by atoms with Crippen molar-refractivity contribution in [2.75, 3.05) is 0 Å². The van der Waals surface area contributed by atoms with Gasteiger partial charge in [0.1, 0.15) is 11.8 Å². The van der Waals surface area contributed by atoms with Crippen LogP contribution in [0.1, 0.15) is 39.7 Å². The zero-order valence-electron chi connectivity index (χ0n) is 14.7. The van der Waals surface area contributed by atoms with Gasteiger partial charge >= 0.3 is 13.3 Å². The molecule has 0 saturated carbocycles. The Hall–Kier alpha value is -1.38. The molecule has 25 heavy (non-hydrogen) atoms. The summed E-state index contributed by atoms with van der Waals surface area (Å²) in [6.07, 6.45) is -5.33. The molecule has 1 unspecified atom stereocenters. The van der Waals surface area contributed by atoms with Crippen LogP contribution < -0.4 is 5.73 Å². The molecule has 8 heteroatoms. The van der Waals surface area contributed by atoms with Crippen LogP contribution in [0.25, 0.3) is 5.57 Å². The van der Waals surface area contributed by atoms with Crippen molar-refractivity contribution in [2.45, 2.75) is 57.5 Å². The van der Waals surface area contributed by atoms with E-state index in [1.165, 1.54) is 12.1 Å². The van der Waals surface area contributed by atoms with Crippen LogP contribution in [0.5, 0.6) is 0 Å². The average Bonchev–Trinajstić information content (AvgIpc) is 2.72. The first kappa shape index (κ1) is 19.9. The molecule has 0 bridgehead atoms. The van der Waals surface area contributed by atoms with Gasteiger partial charge in [-0.05, 0) is 45.3 Å². The SMILES string of the molecule is CC1(C)OB(C(F)=C(CC(N)C(F)(F)F)c2ccccc2)OC1(C)C. The van der Waals surface area contributed by atoms with E-state index in [2.05, 4.69) is 0 Å². The molecule has 1 aliphatic rings. The monoisotopic (exact) mass is 359 g/mol. The van der Waals surface area contributed by atoms with Crippen molar-refractivity contribution in [3.63, 3.8) is 0 Å². The number of halogens is 4. The first-order valence-electron chi connectivity index (χ1n) is 7.97. The molecule has 1 fully saturated rings. The van der Waals surface area contributed by atoms with E-state index in [1.54, 1.807) is 45.9 Å². The Kier molecular flexibility index (Phi) is 5.38. The summed E-state index contributed by atoms with van der Waals surface area (Å²) in [4.78, 5) is 0. The summed E-state index contributed by atoms with van der Waals surface area (Å²) in [5, 5.41) is 0. The van der Waals surface area contributed by atoms with Gasteiger partial charge in [-0.2, -0.15) is 13.2 Å². The summed E-state index contributed by atoms with van der Waals surface area (Å²) in [5.74, 6) is 0. The van der Waals surface area contributed by atoms with Crippen LogP contribution in [0.4, 0.5) is 17.6 Å². The topological polar surface area (TPSA) is 44.5 Å². The number of alkyl halides is 3. The molecule has 1 saturated heterocycles. The summed E-state index contributed by atoms with van der Waals surface area (Å²) < 4.78 is 65.0. The van der Waals surface area contributed by atoms with Crippen molar-refractivity contribution < 1.29 is 26.9 Å². The molecule has 2 N–H and O–H groups in total. The Bertz CT molecular complexity index is 628. The lowest BCUT2D eigenvalue weighted by Gasteiger charge is -2.32. The quantitative estimate of drug-likeness (QED) is 0.645. The van der Waals surface area contributed by atoms with Gasteiger partial charge in [-0.15, -0.1) is 0 Å². The fourth-order valence-electron chi connectivity index (χ4n) is 2.42. The van der Waals surface area contributed by atoms with Crippen molar-refractivity contribution in [3.05, 3.63) is 41.6 Å². The predicted molar refractivity (Wildman–Crippen MR) is 89.2 cm³/mol. The molecular formula is C17H22BF4NO2. The molecule has 1 aromatic carbocycles. The van der Waals surface area contributed by atoms with E-state index in [0.29, 0.717) is 5.56 Å². The zero-order valence-corrected chi connectivity index (χ0v) is 14.7. The summed E-state index contributed by atoms with van der Waals surface area (Å²) >= 11 is 0. The molecule has 1 aromatic rings. The highest BCUT2D eigenvalue weighted by Gasteiger charge is 2.54. The van der Waals surface area contributed by atoms with Gasteiger partial charge in [0, 0.05) is 0 Å². The fourth-order valence-corrected chi connectivity index (χ4v) is 2.42. The van der Waals surface area contributed by atoms with Gasteiger partial charge in [0.25, 0.3) is 0 Å². The minimum atomic E-state index is -4.63. The van der Waals surface area contributed by atoms with Gasteiger partial charge in [0.15, 0.2) is 0 Å². The van der Waals surface area contributed by atoms with Crippen LogP contribution in [0, 0.1) is 0 Å². The first-order chi connectivity index (χ1) is 11.3. The van der Waals surface area contributed by atoms with Crippen molar-refractivity contribution in [1.82, 2.24) is 0 Å². The van der Waals surface area contributed by atoms with Crippen LogP contribution in [-0.2, 0) is 9.31 Å². The Balaban J connectivity index is 2.42. The number of hydrogen-bond acceptors (Lipinski definition) is 3. The maximum absolute atomic E-state index is 15.1. The standard InChI is InChI=1S/C17H22BF4NO2/c1-15(2)16(3,4)25-18(24-15)14(19)12(10-13(23)17(20,21)22)11-8-6-5-7-9-11/h5-9,13H,10,23H2,1-4H3. The van der Waals surface area contributed by atoms with Crippen molar-refractivity contribution >= 4 is 12.7 Å². The van der Waals surface area contributed by atoms with Crippen molar-refractivity contribution in [3.8, 4) is 0 Å². The van der Waals surface area contributed by atoms with E-state index in [1.807, 2.05) is 0 Å². The lowest BCUT2D eigenvalue weighted by Crippen LogP contribution is -2.41. The van der Waals surface area contributed by atoms with Gasteiger partial charge in [-0.1, -0.05) is 30.3 Å². The van der Waals surface area contributed by atoms with Crippen LogP contribution in [0.15, 0.2) is 36.1 Å². The third-order valence-electron chi connectivity index (χ3n) is 4.72. The molecule has 2 rings (SSSR count). The van der Waals surface area contributed by atoms with Crippen LogP contribution >= 0.6 is 0 Å². The van der Waals surface area contributed by atoms with E-state index in [4.69, 9.17) is 15.0 Å². The van der Waals surface area contributed by atoms with E-state index in [0.717, 1.165) is 0 Å². The molecule has 0 aliphatic carbocycles. The molecule has 0 amide bonds. The molecule has 0 spiro atoms. The number of benzene rings is 1. The normalized spacial score (nSPS) is 21.9. The van der Waals surface area contributed by atoms with Crippen LogP contribution in [-0.4, -0.2) is 30.5 Å². The Morgan fingerprint density at radius 2 is 1.56 bits per heavy atom. The zero-order chi connectivity index (χ0) is 19.0. The van der Waals surface area contributed by atoms with Gasteiger partial charge in [0.2, 0.25) is 0 Å². The molecule has 3 nitrogen and oxygen atoms in total. The van der Waals surface area contributed by atoms with E-state index >= 15 is 4.39 Å². The third-order valence-corrected chi connectivity index (χ3v) is 4.72. The summed E-state index contributed by atoms with van der Waals surface area (Å²) in [6, 6.07) is 5.80. The Morgan fingerprint density at radius 1 is 1.08 bits per heavy atom. The highest BCUT2D eigenvalue weighted by atomic mass is 19.4. The fraction of sp³-hybridized carbons (Fsp3) is 0.529. The third kappa shape index (κ3) is 4.24. The second-order valence-corrected chi connectivity index (χ2v) is 7.13. The van der Waals surface area contributed by atoms with Gasteiger partial charge in [0.05, 0.1) is 11.2 Å². The van der Waals surface area contributed by atoms with Gasteiger partial charge in [-0.3, -0.25) is 0 Å². The summed E-state index contributed by atoms with van der Waals surface area (Å²) in [5.41, 5.74) is 2.89. The van der Waals surface area contributed by atoms with E-state index in [-0.39, 0.29) is 5.57 Å². The average molecular weight is 359 g/mol. The van der Waals surface area contributed by atoms with E-state index in [9.17, 15) is 13.2 Å². The number of hydrogen-bond donors (Lipinski definition) is 1. The second kappa shape index (κ2) is 6.74. The number of rotatable bonds is 4. The molecule has 1 atom stereocenters. The molecule has 0 aromatic heterocycles. The molecule has 1 heterocycles. The lowest BCUT2D eigenvalue weighted by atomic mass is 9.81. The highest BCUT2D eigenvalue weighted by molar-refractivity contribution is 6.55. The van der Waals surface area contributed by atoms with Crippen LogP contribution in [0.2, 0.25) is 0 Å². The molecular weight excluding hydrogens is 337 g/mol. The minimum Gasteiger partial charge on any atom is -0.398 e. The Morgan fingerprint density at radius 3 is 2.00 bits per heavy atom. The smallest absolute Gasteiger partial charge is 0.398 e. The minimum absolute atomic E-state index is 0.163.